The van der Waals surface area contributed by atoms with Crippen molar-refractivity contribution in [2.75, 3.05) is 26.1 Å². The van der Waals surface area contributed by atoms with Gasteiger partial charge in [0, 0.05) is 26.5 Å². The smallest absolute Gasteiger partial charge is 0.273 e. The van der Waals surface area contributed by atoms with Crippen LogP contribution in [0.3, 0.4) is 0 Å². The molecule has 0 saturated heterocycles. The summed E-state index contributed by atoms with van der Waals surface area (Å²) < 4.78 is 5.00. The van der Waals surface area contributed by atoms with Crippen LogP contribution in [0.5, 0.6) is 0 Å². The van der Waals surface area contributed by atoms with Gasteiger partial charge in [0.1, 0.15) is 5.69 Å². The maximum absolute atomic E-state index is 12.1. The zero-order valence-electron chi connectivity index (χ0n) is 10.9. The summed E-state index contributed by atoms with van der Waals surface area (Å²) in [5, 5.41) is 4.60. The van der Waals surface area contributed by atoms with E-state index in [1.165, 1.54) is 18.3 Å². The molecular formula is C11H17N3O3S. The molecule has 1 rings (SSSR count). The molecule has 7 heteroatoms. The zero-order valence-corrected chi connectivity index (χ0v) is 11.7. The van der Waals surface area contributed by atoms with Gasteiger partial charge < -0.3 is 15.0 Å². The molecule has 18 heavy (non-hydrogen) atoms. The molecule has 6 nitrogen and oxygen atoms in total. The quantitative estimate of drug-likeness (QED) is 0.873. The first-order valence-corrected chi connectivity index (χ1v) is 6.33. The predicted molar refractivity (Wildman–Crippen MR) is 69.8 cm³/mol. The second-order valence-corrected chi connectivity index (χ2v) is 4.80. The van der Waals surface area contributed by atoms with E-state index in [-0.39, 0.29) is 17.9 Å². The number of nitrogens with one attached hydrogen (secondary N) is 1. The number of anilines is 1. The van der Waals surface area contributed by atoms with Crippen LogP contribution in [0, 0.1) is 0 Å². The number of nitrogens with zero attached hydrogens (tertiary/aromatic N) is 2. The Morgan fingerprint density at radius 1 is 1.61 bits per heavy atom. The third kappa shape index (κ3) is 3.78. The van der Waals surface area contributed by atoms with E-state index in [0.717, 1.165) is 0 Å². The number of thiazole rings is 1. The van der Waals surface area contributed by atoms with Gasteiger partial charge in [-0.2, -0.15) is 0 Å². The highest BCUT2D eigenvalue weighted by atomic mass is 32.1. The molecule has 100 valence electrons. The standard InChI is InChI=1S/C11H17N3O3S/c1-7(5-17-4)14(3)10(16)9-6-18-11(13-9)12-8(2)15/h6-7H,5H2,1-4H3,(H,12,13,15)/t7-/m1/s1. The Bertz CT molecular complexity index is 433. The van der Waals surface area contributed by atoms with Gasteiger partial charge in [-0.05, 0) is 6.92 Å². The fourth-order valence-electron chi connectivity index (χ4n) is 1.31. The maximum Gasteiger partial charge on any atom is 0.273 e. The molecule has 0 aromatic carbocycles. The fraction of sp³-hybridized carbons (Fsp3) is 0.545. The van der Waals surface area contributed by atoms with Gasteiger partial charge in [0.05, 0.1) is 12.6 Å². The summed E-state index contributed by atoms with van der Waals surface area (Å²) >= 11 is 1.23. The van der Waals surface area contributed by atoms with Crippen molar-refractivity contribution >= 4 is 28.3 Å². The average molecular weight is 271 g/mol. The molecule has 1 aromatic rings. The molecule has 0 fully saturated rings. The topological polar surface area (TPSA) is 71.5 Å². The number of hydrogen-bond donors (Lipinski definition) is 1. The lowest BCUT2D eigenvalue weighted by Gasteiger charge is -2.23. The van der Waals surface area contributed by atoms with Gasteiger partial charge in [0.25, 0.3) is 5.91 Å². The van der Waals surface area contributed by atoms with Crippen LogP contribution in [-0.2, 0) is 9.53 Å². The van der Waals surface area contributed by atoms with E-state index in [1.807, 2.05) is 6.92 Å². The highest BCUT2D eigenvalue weighted by Crippen LogP contribution is 2.17. The van der Waals surface area contributed by atoms with E-state index < -0.39 is 0 Å². The number of amides is 2. The Labute approximate surface area is 110 Å². The number of carbonyl (C=O) groups is 2. The molecular weight excluding hydrogens is 254 g/mol. The molecule has 1 aromatic heterocycles. The van der Waals surface area contributed by atoms with E-state index in [9.17, 15) is 9.59 Å². The van der Waals surface area contributed by atoms with Crippen LogP contribution in [-0.4, -0.2) is 48.5 Å². The number of likely N-dealkylation sites (N-methyl/N-ethyl adjacent to an activating group) is 1. The van der Waals surface area contributed by atoms with Gasteiger partial charge >= 0.3 is 0 Å². The van der Waals surface area contributed by atoms with Crippen molar-refractivity contribution in [1.29, 1.82) is 0 Å². The van der Waals surface area contributed by atoms with Crippen LogP contribution in [0.15, 0.2) is 5.38 Å². The van der Waals surface area contributed by atoms with Crippen LogP contribution < -0.4 is 5.32 Å². The number of aromatic nitrogens is 1. The first-order chi connectivity index (χ1) is 8.45. The summed E-state index contributed by atoms with van der Waals surface area (Å²) in [5.41, 5.74) is 0.328. The normalized spacial score (nSPS) is 12.0. The van der Waals surface area contributed by atoms with E-state index in [0.29, 0.717) is 17.4 Å². The van der Waals surface area contributed by atoms with Crippen LogP contribution in [0.4, 0.5) is 5.13 Å². The van der Waals surface area contributed by atoms with Crippen molar-refractivity contribution in [1.82, 2.24) is 9.88 Å². The molecule has 0 unspecified atom stereocenters. The molecule has 1 atom stereocenters. The maximum atomic E-state index is 12.1. The molecule has 1 heterocycles. The Morgan fingerprint density at radius 3 is 2.83 bits per heavy atom. The van der Waals surface area contributed by atoms with Crippen molar-refractivity contribution in [3.63, 3.8) is 0 Å². The van der Waals surface area contributed by atoms with Crippen LogP contribution in [0.1, 0.15) is 24.3 Å². The molecule has 1 N–H and O–H groups in total. The summed E-state index contributed by atoms with van der Waals surface area (Å²) in [6.07, 6.45) is 0. The number of carbonyl (C=O) groups excluding carboxylic acids is 2. The predicted octanol–water partition coefficient (Wildman–Crippen LogP) is 1.21. The van der Waals surface area contributed by atoms with Crippen molar-refractivity contribution in [3.05, 3.63) is 11.1 Å². The molecule has 0 bridgehead atoms. The molecule has 0 aliphatic carbocycles. The number of hydrogen-bond acceptors (Lipinski definition) is 5. The molecule has 2 amide bonds. The highest BCUT2D eigenvalue weighted by Gasteiger charge is 2.20. The minimum atomic E-state index is -0.204. The monoisotopic (exact) mass is 271 g/mol. The van der Waals surface area contributed by atoms with Gasteiger partial charge in [-0.3, -0.25) is 9.59 Å². The van der Waals surface area contributed by atoms with Crippen molar-refractivity contribution in [3.8, 4) is 0 Å². The van der Waals surface area contributed by atoms with Crippen LogP contribution >= 0.6 is 11.3 Å². The van der Waals surface area contributed by atoms with E-state index >= 15 is 0 Å². The Hall–Kier alpha value is -1.47. The minimum absolute atomic E-state index is 0.0339. The van der Waals surface area contributed by atoms with Crippen molar-refractivity contribution in [2.24, 2.45) is 0 Å². The zero-order chi connectivity index (χ0) is 13.7. The van der Waals surface area contributed by atoms with Crippen LogP contribution in [0.25, 0.3) is 0 Å². The van der Waals surface area contributed by atoms with Gasteiger partial charge in [-0.15, -0.1) is 11.3 Å². The molecule has 0 saturated carbocycles. The lowest BCUT2D eigenvalue weighted by Crippen LogP contribution is -2.37. The summed E-state index contributed by atoms with van der Waals surface area (Å²) in [7, 11) is 3.29. The van der Waals surface area contributed by atoms with Crippen LogP contribution in [0.2, 0.25) is 0 Å². The molecule has 0 radical (unpaired) electrons. The Kier molecular flexibility index (Phi) is 5.24. The molecule has 0 aliphatic heterocycles. The summed E-state index contributed by atoms with van der Waals surface area (Å²) in [6, 6.07) is -0.0339. The second-order valence-electron chi connectivity index (χ2n) is 3.94. The summed E-state index contributed by atoms with van der Waals surface area (Å²) in [4.78, 5) is 28.6. The lowest BCUT2D eigenvalue weighted by atomic mass is 10.3. The van der Waals surface area contributed by atoms with Gasteiger partial charge in [0.15, 0.2) is 5.13 Å². The second kappa shape index (κ2) is 6.46. The number of methoxy groups -OCH3 is 1. The number of ether oxygens (including phenoxy) is 1. The average Bonchev–Trinajstić information content (AvgIpc) is 2.75. The molecule has 0 spiro atoms. The van der Waals surface area contributed by atoms with Gasteiger partial charge in [0.2, 0.25) is 5.91 Å². The first-order valence-electron chi connectivity index (χ1n) is 5.45. The first kappa shape index (κ1) is 14.6. The minimum Gasteiger partial charge on any atom is -0.383 e. The number of rotatable bonds is 5. The fourth-order valence-corrected chi connectivity index (χ4v) is 2.04. The lowest BCUT2D eigenvalue weighted by molar-refractivity contribution is -0.114. The third-order valence-corrected chi connectivity index (χ3v) is 3.15. The van der Waals surface area contributed by atoms with Crippen molar-refractivity contribution < 1.29 is 14.3 Å². The Morgan fingerprint density at radius 2 is 2.28 bits per heavy atom. The van der Waals surface area contributed by atoms with E-state index in [1.54, 1.807) is 24.4 Å². The van der Waals surface area contributed by atoms with E-state index in [2.05, 4.69) is 10.3 Å². The third-order valence-electron chi connectivity index (χ3n) is 2.40. The SMILES string of the molecule is COC[C@@H](C)N(C)C(=O)c1csc(NC(C)=O)n1. The highest BCUT2D eigenvalue weighted by molar-refractivity contribution is 7.14. The van der Waals surface area contributed by atoms with Gasteiger partial charge in [-0.25, -0.2) is 4.98 Å². The summed E-state index contributed by atoms with van der Waals surface area (Å²) in [5.74, 6) is -0.392. The largest absolute Gasteiger partial charge is 0.383 e. The van der Waals surface area contributed by atoms with Crippen molar-refractivity contribution in [2.45, 2.75) is 19.9 Å². The summed E-state index contributed by atoms with van der Waals surface area (Å²) in [6.45, 7) is 3.75. The van der Waals surface area contributed by atoms with Gasteiger partial charge in [-0.1, -0.05) is 0 Å². The Balaban J connectivity index is 2.71. The van der Waals surface area contributed by atoms with E-state index in [4.69, 9.17) is 4.74 Å². The molecule has 0 aliphatic rings.